The Morgan fingerprint density at radius 3 is 2.62 bits per heavy atom. The highest BCUT2D eigenvalue weighted by molar-refractivity contribution is 5.35. The molecule has 2 nitrogen and oxygen atoms in total. The fourth-order valence-corrected chi connectivity index (χ4v) is 1.34. The van der Waals surface area contributed by atoms with Gasteiger partial charge in [-0.2, -0.15) is 0 Å². The third kappa shape index (κ3) is 2.46. The lowest BCUT2D eigenvalue weighted by Crippen LogP contribution is -2.08. The van der Waals surface area contributed by atoms with Crippen LogP contribution >= 0.6 is 0 Å². The van der Waals surface area contributed by atoms with Crippen LogP contribution < -0.4 is 10.5 Å². The van der Waals surface area contributed by atoms with Crippen LogP contribution in [0.25, 0.3) is 0 Å². The topological polar surface area (TPSA) is 35.2 Å². The molecule has 0 aliphatic heterocycles. The second-order valence-electron chi connectivity index (χ2n) is 3.30. The van der Waals surface area contributed by atoms with Crippen LogP contribution in [0.5, 0.6) is 5.75 Å². The largest absolute Gasteiger partial charge is 0.497 e. The van der Waals surface area contributed by atoms with Crippen molar-refractivity contribution >= 4 is 0 Å². The molecule has 2 heteroatoms. The minimum Gasteiger partial charge on any atom is -0.497 e. The highest BCUT2D eigenvalue weighted by atomic mass is 16.5. The monoisotopic (exact) mass is 179 g/mol. The summed E-state index contributed by atoms with van der Waals surface area (Å²) in [6, 6.07) is 6.23. The SMILES string of the molecule is CCC(N)c1cc(C)cc(OC)c1. The van der Waals surface area contributed by atoms with Gasteiger partial charge in [-0.3, -0.25) is 0 Å². The van der Waals surface area contributed by atoms with E-state index in [1.807, 2.05) is 12.1 Å². The second-order valence-corrected chi connectivity index (χ2v) is 3.30. The van der Waals surface area contributed by atoms with E-state index < -0.39 is 0 Å². The Kier molecular flexibility index (Phi) is 3.32. The van der Waals surface area contributed by atoms with Gasteiger partial charge in [0.05, 0.1) is 7.11 Å². The summed E-state index contributed by atoms with van der Waals surface area (Å²) in [5, 5.41) is 0. The summed E-state index contributed by atoms with van der Waals surface area (Å²) in [4.78, 5) is 0. The van der Waals surface area contributed by atoms with Crippen molar-refractivity contribution in [2.75, 3.05) is 7.11 Å². The molecule has 72 valence electrons. The van der Waals surface area contributed by atoms with Gasteiger partial charge in [-0.05, 0) is 36.6 Å². The van der Waals surface area contributed by atoms with E-state index in [9.17, 15) is 0 Å². The molecule has 0 aliphatic carbocycles. The number of hydrogen-bond acceptors (Lipinski definition) is 2. The average molecular weight is 179 g/mol. The van der Waals surface area contributed by atoms with E-state index >= 15 is 0 Å². The van der Waals surface area contributed by atoms with Gasteiger partial charge in [-0.1, -0.05) is 13.0 Å². The molecule has 0 aliphatic rings. The lowest BCUT2D eigenvalue weighted by Gasteiger charge is -2.11. The first-order chi connectivity index (χ1) is 6.17. The molecule has 0 aromatic heterocycles. The fourth-order valence-electron chi connectivity index (χ4n) is 1.34. The number of methoxy groups -OCH3 is 1. The summed E-state index contributed by atoms with van der Waals surface area (Å²) in [6.07, 6.45) is 0.951. The van der Waals surface area contributed by atoms with Crippen LogP contribution in [0, 0.1) is 6.92 Å². The van der Waals surface area contributed by atoms with E-state index in [1.165, 1.54) is 5.56 Å². The molecular weight excluding hydrogens is 162 g/mol. The Balaban J connectivity index is 3.01. The summed E-state index contributed by atoms with van der Waals surface area (Å²) in [5.41, 5.74) is 8.28. The van der Waals surface area contributed by atoms with Crippen molar-refractivity contribution in [3.05, 3.63) is 29.3 Å². The van der Waals surface area contributed by atoms with Crippen molar-refractivity contribution < 1.29 is 4.74 Å². The van der Waals surface area contributed by atoms with Gasteiger partial charge in [-0.15, -0.1) is 0 Å². The Bertz CT molecular complexity index is 283. The molecule has 1 rings (SSSR count). The Hall–Kier alpha value is -1.02. The Morgan fingerprint density at radius 1 is 1.38 bits per heavy atom. The van der Waals surface area contributed by atoms with Crippen molar-refractivity contribution in [1.82, 2.24) is 0 Å². The van der Waals surface area contributed by atoms with E-state index in [0.29, 0.717) is 0 Å². The van der Waals surface area contributed by atoms with Crippen LogP contribution in [0.4, 0.5) is 0 Å². The van der Waals surface area contributed by atoms with Crippen LogP contribution in [0.15, 0.2) is 18.2 Å². The maximum atomic E-state index is 5.93. The molecule has 13 heavy (non-hydrogen) atoms. The van der Waals surface area contributed by atoms with Gasteiger partial charge in [-0.25, -0.2) is 0 Å². The summed E-state index contributed by atoms with van der Waals surface area (Å²) >= 11 is 0. The number of benzene rings is 1. The zero-order chi connectivity index (χ0) is 9.84. The quantitative estimate of drug-likeness (QED) is 0.773. The summed E-state index contributed by atoms with van der Waals surface area (Å²) in [6.45, 7) is 4.13. The first-order valence-corrected chi connectivity index (χ1v) is 4.58. The van der Waals surface area contributed by atoms with Gasteiger partial charge in [0, 0.05) is 6.04 Å². The third-order valence-electron chi connectivity index (χ3n) is 2.18. The fraction of sp³-hybridized carbons (Fsp3) is 0.455. The minimum absolute atomic E-state index is 0.119. The van der Waals surface area contributed by atoms with E-state index in [2.05, 4.69) is 19.9 Å². The summed E-state index contributed by atoms with van der Waals surface area (Å²) in [7, 11) is 1.68. The van der Waals surface area contributed by atoms with E-state index in [4.69, 9.17) is 10.5 Å². The number of nitrogens with two attached hydrogens (primary N) is 1. The highest BCUT2D eigenvalue weighted by Crippen LogP contribution is 2.21. The number of hydrogen-bond donors (Lipinski definition) is 1. The van der Waals surface area contributed by atoms with Crippen LogP contribution in [-0.2, 0) is 0 Å². The van der Waals surface area contributed by atoms with Gasteiger partial charge >= 0.3 is 0 Å². The molecule has 0 saturated heterocycles. The first kappa shape index (κ1) is 10.1. The minimum atomic E-state index is 0.119. The van der Waals surface area contributed by atoms with Gasteiger partial charge in [0.25, 0.3) is 0 Å². The molecule has 0 bridgehead atoms. The van der Waals surface area contributed by atoms with Crippen molar-refractivity contribution in [1.29, 1.82) is 0 Å². The average Bonchev–Trinajstić information content (AvgIpc) is 2.15. The molecule has 0 radical (unpaired) electrons. The summed E-state index contributed by atoms with van der Waals surface area (Å²) in [5.74, 6) is 0.888. The summed E-state index contributed by atoms with van der Waals surface area (Å²) < 4.78 is 5.17. The van der Waals surface area contributed by atoms with Crippen molar-refractivity contribution in [2.45, 2.75) is 26.3 Å². The molecule has 0 heterocycles. The van der Waals surface area contributed by atoms with Gasteiger partial charge in [0.15, 0.2) is 0 Å². The molecule has 0 saturated carbocycles. The van der Waals surface area contributed by atoms with Crippen molar-refractivity contribution in [3.8, 4) is 5.75 Å². The molecule has 0 spiro atoms. The highest BCUT2D eigenvalue weighted by Gasteiger charge is 2.05. The maximum absolute atomic E-state index is 5.93. The molecule has 2 N–H and O–H groups in total. The smallest absolute Gasteiger partial charge is 0.119 e. The molecule has 1 aromatic rings. The second kappa shape index (κ2) is 4.28. The molecule has 1 unspecified atom stereocenters. The van der Waals surface area contributed by atoms with E-state index in [1.54, 1.807) is 7.11 Å². The van der Waals surface area contributed by atoms with E-state index in [-0.39, 0.29) is 6.04 Å². The molecule has 0 fully saturated rings. The molecule has 1 aromatic carbocycles. The lowest BCUT2D eigenvalue weighted by molar-refractivity contribution is 0.413. The van der Waals surface area contributed by atoms with Gasteiger partial charge in [0.1, 0.15) is 5.75 Å². The van der Waals surface area contributed by atoms with Crippen LogP contribution in [-0.4, -0.2) is 7.11 Å². The zero-order valence-electron chi connectivity index (χ0n) is 8.50. The Labute approximate surface area is 79.7 Å². The van der Waals surface area contributed by atoms with Crippen LogP contribution in [0.1, 0.15) is 30.5 Å². The molecule has 1 atom stereocenters. The van der Waals surface area contributed by atoms with Crippen molar-refractivity contribution in [3.63, 3.8) is 0 Å². The first-order valence-electron chi connectivity index (χ1n) is 4.58. The van der Waals surface area contributed by atoms with Crippen LogP contribution in [0.3, 0.4) is 0 Å². The third-order valence-corrected chi connectivity index (χ3v) is 2.18. The van der Waals surface area contributed by atoms with E-state index in [0.717, 1.165) is 17.7 Å². The maximum Gasteiger partial charge on any atom is 0.119 e. The van der Waals surface area contributed by atoms with Gasteiger partial charge < -0.3 is 10.5 Å². The van der Waals surface area contributed by atoms with Crippen LogP contribution in [0.2, 0.25) is 0 Å². The number of rotatable bonds is 3. The zero-order valence-corrected chi connectivity index (χ0v) is 8.50. The molecule has 0 amide bonds. The van der Waals surface area contributed by atoms with Gasteiger partial charge in [0.2, 0.25) is 0 Å². The molecular formula is C11H17NO. The standard InChI is InChI=1S/C11H17NO/c1-4-11(12)9-5-8(2)6-10(7-9)13-3/h5-7,11H,4,12H2,1-3H3. The number of ether oxygens (including phenoxy) is 1. The predicted octanol–water partition coefficient (Wildman–Crippen LogP) is 2.41. The normalized spacial score (nSPS) is 12.6. The predicted molar refractivity (Wildman–Crippen MR) is 55.0 cm³/mol. The lowest BCUT2D eigenvalue weighted by atomic mass is 10.0. The Morgan fingerprint density at radius 2 is 2.08 bits per heavy atom. The number of aryl methyl sites for hydroxylation is 1. The van der Waals surface area contributed by atoms with Crippen molar-refractivity contribution in [2.24, 2.45) is 5.73 Å².